The minimum atomic E-state index is 0.653. The van der Waals surface area contributed by atoms with Gasteiger partial charge in [0, 0.05) is 12.5 Å². The predicted octanol–water partition coefficient (Wildman–Crippen LogP) is 4.02. The van der Waals surface area contributed by atoms with Crippen molar-refractivity contribution >= 4 is 0 Å². The lowest BCUT2D eigenvalue weighted by molar-refractivity contribution is 0.173. The SMILES string of the molecule is CCC1CCCCC1C(CCc1ccco1)NC. The van der Waals surface area contributed by atoms with Gasteiger partial charge in [-0.25, -0.2) is 0 Å². The highest BCUT2D eigenvalue weighted by Crippen LogP contribution is 2.35. The molecule has 2 rings (SSSR count). The molecule has 2 nitrogen and oxygen atoms in total. The van der Waals surface area contributed by atoms with E-state index < -0.39 is 0 Å². The summed E-state index contributed by atoms with van der Waals surface area (Å²) in [6.45, 7) is 2.35. The number of hydrogen-bond acceptors (Lipinski definition) is 2. The zero-order valence-electron chi connectivity index (χ0n) is 11.8. The second-order valence-electron chi connectivity index (χ2n) is 5.63. The Morgan fingerprint density at radius 1 is 1.39 bits per heavy atom. The first-order valence-electron chi connectivity index (χ1n) is 7.54. The van der Waals surface area contributed by atoms with Crippen molar-refractivity contribution in [2.75, 3.05) is 7.05 Å². The first-order chi connectivity index (χ1) is 8.85. The smallest absolute Gasteiger partial charge is 0.103 e. The molecule has 0 radical (unpaired) electrons. The predicted molar refractivity (Wildman–Crippen MR) is 75.6 cm³/mol. The Bertz CT molecular complexity index is 320. The molecule has 1 aromatic rings. The van der Waals surface area contributed by atoms with Crippen LogP contribution in [0.3, 0.4) is 0 Å². The van der Waals surface area contributed by atoms with E-state index in [2.05, 4.69) is 25.4 Å². The standard InChI is InChI=1S/C16H27NO/c1-3-13-7-4-5-9-15(13)16(17-2)11-10-14-8-6-12-18-14/h6,8,12-13,15-17H,3-5,7,9-11H2,1-2H3. The Hall–Kier alpha value is -0.760. The van der Waals surface area contributed by atoms with Gasteiger partial charge in [0.25, 0.3) is 0 Å². The van der Waals surface area contributed by atoms with Gasteiger partial charge >= 0.3 is 0 Å². The van der Waals surface area contributed by atoms with E-state index in [9.17, 15) is 0 Å². The molecular weight excluding hydrogens is 222 g/mol. The second kappa shape index (κ2) is 6.98. The lowest BCUT2D eigenvalue weighted by Crippen LogP contribution is -2.39. The van der Waals surface area contributed by atoms with Crippen LogP contribution in [0.1, 0.15) is 51.2 Å². The highest BCUT2D eigenvalue weighted by Gasteiger charge is 2.29. The average Bonchev–Trinajstić information content (AvgIpc) is 2.93. The summed E-state index contributed by atoms with van der Waals surface area (Å²) in [7, 11) is 2.12. The van der Waals surface area contributed by atoms with E-state index in [4.69, 9.17) is 4.42 Å². The maximum atomic E-state index is 5.44. The molecule has 0 spiro atoms. The number of aryl methyl sites for hydroxylation is 1. The van der Waals surface area contributed by atoms with Gasteiger partial charge in [0.2, 0.25) is 0 Å². The van der Waals surface area contributed by atoms with Crippen molar-refractivity contribution in [3.63, 3.8) is 0 Å². The summed E-state index contributed by atoms with van der Waals surface area (Å²) in [5.74, 6) is 2.91. The zero-order chi connectivity index (χ0) is 12.8. The van der Waals surface area contributed by atoms with Gasteiger partial charge in [-0.15, -0.1) is 0 Å². The summed E-state index contributed by atoms with van der Waals surface area (Å²) >= 11 is 0. The second-order valence-corrected chi connectivity index (χ2v) is 5.63. The van der Waals surface area contributed by atoms with Crippen molar-refractivity contribution in [1.29, 1.82) is 0 Å². The van der Waals surface area contributed by atoms with Gasteiger partial charge in [0.15, 0.2) is 0 Å². The molecule has 0 aliphatic heterocycles. The maximum Gasteiger partial charge on any atom is 0.103 e. The van der Waals surface area contributed by atoms with Crippen LogP contribution in [0.25, 0.3) is 0 Å². The van der Waals surface area contributed by atoms with Gasteiger partial charge in [0.1, 0.15) is 5.76 Å². The molecule has 18 heavy (non-hydrogen) atoms. The van der Waals surface area contributed by atoms with Crippen molar-refractivity contribution in [2.24, 2.45) is 11.8 Å². The minimum absolute atomic E-state index is 0.653. The van der Waals surface area contributed by atoms with Crippen LogP contribution in [0, 0.1) is 11.8 Å². The Kier molecular flexibility index (Phi) is 5.30. The van der Waals surface area contributed by atoms with Gasteiger partial charge in [-0.1, -0.05) is 32.6 Å². The fraction of sp³-hybridized carbons (Fsp3) is 0.750. The molecular formula is C16H27NO. The van der Waals surface area contributed by atoms with Crippen LogP contribution in [0.4, 0.5) is 0 Å². The molecule has 1 fully saturated rings. The molecule has 3 unspecified atom stereocenters. The van der Waals surface area contributed by atoms with Gasteiger partial charge in [-0.3, -0.25) is 0 Å². The van der Waals surface area contributed by atoms with E-state index in [0.29, 0.717) is 6.04 Å². The minimum Gasteiger partial charge on any atom is -0.469 e. The first kappa shape index (κ1) is 13.7. The fourth-order valence-corrected chi connectivity index (χ4v) is 3.60. The van der Waals surface area contributed by atoms with E-state index in [1.807, 2.05) is 6.07 Å². The molecule has 1 saturated carbocycles. The maximum absolute atomic E-state index is 5.44. The molecule has 0 aromatic carbocycles. The van der Waals surface area contributed by atoms with E-state index in [-0.39, 0.29) is 0 Å². The quantitative estimate of drug-likeness (QED) is 0.824. The van der Waals surface area contributed by atoms with Crippen molar-refractivity contribution in [3.05, 3.63) is 24.2 Å². The fourth-order valence-electron chi connectivity index (χ4n) is 3.60. The van der Waals surface area contributed by atoms with Crippen molar-refractivity contribution in [1.82, 2.24) is 5.32 Å². The third-order valence-electron chi connectivity index (χ3n) is 4.66. The first-order valence-corrected chi connectivity index (χ1v) is 7.54. The summed E-state index contributed by atoms with van der Waals surface area (Å²) < 4.78 is 5.44. The molecule has 1 heterocycles. The normalized spacial score (nSPS) is 26.1. The Labute approximate surface area is 111 Å². The lowest BCUT2D eigenvalue weighted by atomic mass is 9.73. The van der Waals surface area contributed by atoms with Crippen LogP contribution in [0.5, 0.6) is 0 Å². The molecule has 1 aliphatic carbocycles. The third kappa shape index (κ3) is 3.38. The van der Waals surface area contributed by atoms with Gasteiger partial charge in [0.05, 0.1) is 6.26 Å². The number of nitrogens with one attached hydrogen (secondary N) is 1. The molecule has 0 amide bonds. The van der Waals surface area contributed by atoms with E-state index in [1.54, 1.807) is 6.26 Å². The highest BCUT2D eigenvalue weighted by atomic mass is 16.3. The van der Waals surface area contributed by atoms with E-state index in [0.717, 1.165) is 24.0 Å². The van der Waals surface area contributed by atoms with Crippen molar-refractivity contribution in [2.45, 2.75) is 57.9 Å². The van der Waals surface area contributed by atoms with Crippen LogP contribution in [0.2, 0.25) is 0 Å². The van der Waals surface area contributed by atoms with Gasteiger partial charge < -0.3 is 9.73 Å². The summed E-state index contributed by atoms with van der Waals surface area (Å²) in [4.78, 5) is 0. The van der Waals surface area contributed by atoms with Crippen LogP contribution in [0.15, 0.2) is 22.8 Å². The molecule has 3 atom stereocenters. The molecule has 2 heteroatoms. The monoisotopic (exact) mass is 249 g/mol. The largest absolute Gasteiger partial charge is 0.469 e. The number of rotatable bonds is 6. The number of furan rings is 1. The van der Waals surface area contributed by atoms with Crippen LogP contribution < -0.4 is 5.32 Å². The molecule has 1 aromatic heterocycles. The van der Waals surface area contributed by atoms with Crippen LogP contribution in [-0.4, -0.2) is 13.1 Å². The third-order valence-corrected chi connectivity index (χ3v) is 4.66. The molecule has 0 bridgehead atoms. The average molecular weight is 249 g/mol. The van der Waals surface area contributed by atoms with E-state index in [1.165, 1.54) is 38.5 Å². The van der Waals surface area contributed by atoms with Gasteiger partial charge in [-0.2, -0.15) is 0 Å². The molecule has 0 saturated heterocycles. The Morgan fingerprint density at radius 3 is 2.89 bits per heavy atom. The lowest BCUT2D eigenvalue weighted by Gasteiger charge is -2.36. The summed E-state index contributed by atoms with van der Waals surface area (Å²) in [5, 5.41) is 3.56. The Morgan fingerprint density at radius 2 is 2.22 bits per heavy atom. The molecule has 102 valence electrons. The van der Waals surface area contributed by atoms with Crippen molar-refractivity contribution in [3.8, 4) is 0 Å². The number of hydrogen-bond donors (Lipinski definition) is 1. The molecule has 1 aliphatic rings. The topological polar surface area (TPSA) is 25.2 Å². The summed E-state index contributed by atoms with van der Waals surface area (Å²) in [5.41, 5.74) is 0. The van der Waals surface area contributed by atoms with Gasteiger partial charge in [-0.05, 0) is 43.9 Å². The van der Waals surface area contributed by atoms with Crippen LogP contribution >= 0.6 is 0 Å². The van der Waals surface area contributed by atoms with E-state index >= 15 is 0 Å². The zero-order valence-corrected chi connectivity index (χ0v) is 11.8. The highest BCUT2D eigenvalue weighted by molar-refractivity contribution is 4.99. The van der Waals surface area contributed by atoms with Crippen molar-refractivity contribution < 1.29 is 4.42 Å². The summed E-state index contributed by atoms with van der Waals surface area (Å²) in [6, 6.07) is 4.73. The molecule has 1 N–H and O–H groups in total. The summed E-state index contributed by atoms with van der Waals surface area (Å²) in [6.07, 6.45) is 11.1. The van der Waals surface area contributed by atoms with Crippen LogP contribution in [-0.2, 0) is 6.42 Å². The Balaban J connectivity index is 1.89.